The molecule has 2 aromatic rings. The van der Waals surface area contributed by atoms with Crippen LogP contribution < -0.4 is 10.8 Å². The first-order valence-electron chi connectivity index (χ1n) is 7.52. The molecule has 0 spiro atoms. The topological polar surface area (TPSA) is 61.4 Å². The molecule has 0 fully saturated rings. The molecule has 0 heterocycles. The molecule has 4 heteroatoms. The molecule has 1 unspecified atom stereocenters. The Morgan fingerprint density at radius 1 is 0.955 bits per heavy atom. The van der Waals surface area contributed by atoms with E-state index in [0.29, 0.717) is 13.0 Å². The van der Waals surface area contributed by atoms with Crippen LogP contribution >= 0.6 is 0 Å². The molecule has 0 bridgehead atoms. The van der Waals surface area contributed by atoms with Crippen LogP contribution in [0, 0.1) is 5.92 Å². The van der Waals surface area contributed by atoms with Gasteiger partial charge in [0.2, 0.25) is 5.91 Å². The monoisotopic (exact) mass is 298 g/mol. The highest BCUT2D eigenvalue weighted by molar-refractivity contribution is 5.78. The zero-order valence-electron chi connectivity index (χ0n) is 12.5. The molecular weight excluding hydrogens is 276 g/mol. The molecule has 22 heavy (non-hydrogen) atoms. The Labute approximate surface area is 131 Å². The van der Waals surface area contributed by atoms with Crippen molar-refractivity contribution in [3.05, 3.63) is 71.8 Å². The van der Waals surface area contributed by atoms with Crippen LogP contribution in [0.15, 0.2) is 60.7 Å². The number of amides is 1. The summed E-state index contributed by atoms with van der Waals surface area (Å²) < 4.78 is 0. The van der Waals surface area contributed by atoms with Crippen molar-refractivity contribution < 1.29 is 10.0 Å². The van der Waals surface area contributed by atoms with Crippen LogP contribution in [0.5, 0.6) is 0 Å². The molecule has 3 N–H and O–H groups in total. The summed E-state index contributed by atoms with van der Waals surface area (Å²) in [6.07, 6.45) is 1.52. The van der Waals surface area contributed by atoms with E-state index in [1.807, 2.05) is 48.5 Å². The van der Waals surface area contributed by atoms with Gasteiger partial charge in [-0.1, -0.05) is 60.7 Å². The predicted molar refractivity (Wildman–Crippen MR) is 86.6 cm³/mol. The molecule has 0 aliphatic carbocycles. The first-order chi connectivity index (χ1) is 10.8. The summed E-state index contributed by atoms with van der Waals surface area (Å²) in [7, 11) is 0. The fourth-order valence-electron chi connectivity index (χ4n) is 2.40. The first kappa shape index (κ1) is 16.2. The summed E-state index contributed by atoms with van der Waals surface area (Å²) in [5.41, 5.74) is 4.11. The van der Waals surface area contributed by atoms with E-state index >= 15 is 0 Å². The Kier molecular flexibility index (Phi) is 6.61. The van der Waals surface area contributed by atoms with Crippen molar-refractivity contribution in [1.29, 1.82) is 0 Å². The van der Waals surface area contributed by atoms with Crippen LogP contribution in [0.4, 0.5) is 0 Å². The maximum absolute atomic E-state index is 11.8. The van der Waals surface area contributed by atoms with E-state index < -0.39 is 0 Å². The lowest BCUT2D eigenvalue weighted by Crippen LogP contribution is -2.37. The Morgan fingerprint density at radius 3 is 2.14 bits per heavy atom. The average Bonchev–Trinajstić information content (AvgIpc) is 2.58. The number of hydrogen-bond acceptors (Lipinski definition) is 3. The number of rotatable bonds is 8. The van der Waals surface area contributed by atoms with Crippen LogP contribution in [0.2, 0.25) is 0 Å². The zero-order chi connectivity index (χ0) is 15.6. The van der Waals surface area contributed by atoms with E-state index in [0.717, 1.165) is 18.5 Å². The van der Waals surface area contributed by atoms with Gasteiger partial charge >= 0.3 is 0 Å². The molecular formula is C18H22N2O2. The number of hydrogen-bond donors (Lipinski definition) is 3. The van der Waals surface area contributed by atoms with E-state index in [4.69, 9.17) is 5.21 Å². The van der Waals surface area contributed by atoms with Crippen LogP contribution in [-0.4, -0.2) is 24.2 Å². The number of nitrogens with one attached hydrogen (secondary N) is 2. The molecule has 2 aromatic carbocycles. The summed E-state index contributed by atoms with van der Waals surface area (Å²) >= 11 is 0. The Balaban J connectivity index is 1.81. The normalized spacial score (nSPS) is 11.9. The van der Waals surface area contributed by atoms with Crippen LogP contribution in [0.25, 0.3) is 0 Å². The van der Waals surface area contributed by atoms with Crippen molar-refractivity contribution in [2.45, 2.75) is 12.8 Å². The van der Waals surface area contributed by atoms with Crippen molar-refractivity contribution in [3.63, 3.8) is 0 Å². The van der Waals surface area contributed by atoms with Crippen molar-refractivity contribution in [1.82, 2.24) is 10.8 Å². The van der Waals surface area contributed by atoms with Gasteiger partial charge in [0.25, 0.3) is 0 Å². The number of benzene rings is 2. The van der Waals surface area contributed by atoms with Gasteiger partial charge in [0, 0.05) is 6.54 Å². The Morgan fingerprint density at radius 2 is 1.55 bits per heavy atom. The maximum atomic E-state index is 11.8. The van der Waals surface area contributed by atoms with Gasteiger partial charge in [-0.25, -0.2) is 5.48 Å². The highest BCUT2D eigenvalue weighted by Gasteiger charge is 2.17. The molecule has 0 aromatic heterocycles. The van der Waals surface area contributed by atoms with Crippen molar-refractivity contribution >= 4 is 5.91 Å². The van der Waals surface area contributed by atoms with Crippen molar-refractivity contribution in [2.24, 2.45) is 5.92 Å². The number of carbonyl (C=O) groups is 1. The van der Waals surface area contributed by atoms with E-state index in [1.54, 1.807) is 5.48 Å². The van der Waals surface area contributed by atoms with Gasteiger partial charge in [0.15, 0.2) is 0 Å². The predicted octanol–water partition coefficient (Wildman–Crippen LogP) is 2.18. The second kappa shape index (κ2) is 8.97. The first-order valence-corrected chi connectivity index (χ1v) is 7.52. The molecule has 116 valence electrons. The van der Waals surface area contributed by atoms with Gasteiger partial charge in [-0.2, -0.15) is 0 Å². The fourth-order valence-corrected chi connectivity index (χ4v) is 2.40. The molecule has 0 saturated heterocycles. The lowest BCUT2D eigenvalue weighted by molar-refractivity contribution is -0.133. The molecule has 0 radical (unpaired) electrons. The lowest BCUT2D eigenvalue weighted by Gasteiger charge is -2.16. The van der Waals surface area contributed by atoms with Gasteiger partial charge in [-0.15, -0.1) is 0 Å². The van der Waals surface area contributed by atoms with Crippen molar-refractivity contribution in [2.75, 3.05) is 13.1 Å². The zero-order valence-corrected chi connectivity index (χ0v) is 12.5. The molecule has 0 aliphatic heterocycles. The van der Waals surface area contributed by atoms with Gasteiger partial charge in [0.05, 0.1) is 5.92 Å². The van der Waals surface area contributed by atoms with Crippen molar-refractivity contribution in [3.8, 4) is 0 Å². The number of hydroxylamine groups is 1. The highest BCUT2D eigenvalue weighted by atomic mass is 16.5. The largest absolute Gasteiger partial charge is 0.316 e. The van der Waals surface area contributed by atoms with E-state index in [1.165, 1.54) is 5.56 Å². The fraction of sp³-hybridized carbons (Fsp3) is 0.278. The van der Waals surface area contributed by atoms with Crippen LogP contribution in [-0.2, 0) is 17.6 Å². The second-order valence-electron chi connectivity index (χ2n) is 5.30. The Hall–Kier alpha value is -2.17. The maximum Gasteiger partial charge on any atom is 0.248 e. The molecule has 1 atom stereocenters. The van der Waals surface area contributed by atoms with Crippen LogP contribution in [0.1, 0.15) is 11.1 Å². The molecule has 0 saturated carbocycles. The molecule has 1 amide bonds. The quantitative estimate of drug-likeness (QED) is 0.398. The van der Waals surface area contributed by atoms with Crippen LogP contribution in [0.3, 0.4) is 0 Å². The summed E-state index contributed by atoms with van der Waals surface area (Å²) in [6.45, 7) is 1.34. The van der Waals surface area contributed by atoms with E-state index in [-0.39, 0.29) is 11.8 Å². The summed E-state index contributed by atoms with van der Waals surface area (Å²) in [5.74, 6) is -0.640. The highest BCUT2D eigenvalue weighted by Crippen LogP contribution is 2.08. The molecule has 4 nitrogen and oxygen atoms in total. The third-order valence-electron chi connectivity index (χ3n) is 3.63. The lowest BCUT2D eigenvalue weighted by atomic mass is 9.98. The minimum absolute atomic E-state index is 0.289. The summed E-state index contributed by atoms with van der Waals surface area (Å²) in [5, 5.41) is 12.2. The minimum atomic E-state index is -0.351. The van der Waals surface area contributed by atoms with Gasteiger partial charge < -0.3 is 5.32 Å². The van der Waals surface area contributed by atoms with E-state index in [2.05, 4.69) is 17.4 Å². The smallest absolute Gasteiger partial charge is 0.248 e. The van der Waals surface area contributed by atoms with E-state index in [9.17, 15) is 4.79 Å². The van der Waals surface area contributed by atoms with Gasteiger partial charge in [-0.3, -0.25) is 10.0 Å². The minimum Gasteiger partial charge on any atom is -0.316 e. The average molecular weight is 298 g/mol. The second-order valence-corrected chi connectivity index (χ2v) is 5.30. The molecule has 2 rings (SSSR count). The Bertz CT molecular complexity index is 558. The molecule has 0 aliphatic rings. The standard InChI is InChI=1S/C18H22N2O2/c21-18(20-22)17(13-16-9-5-2-6-10-16)14-19-12-11-15-7-3-1-4-8-15/h1-10,17,19,22H,11-14H2,(H,20,21). The van der Waals surface area contributed by atoms with Gasteiger partial charge in [0.1, 0.15) is 0 Å². The number of carbonyl (C=O) groups excluding carboxylic acids is 1. The summed E-state index contributed by atoms with van der Waals surface area (Å²) in [4.78, 5) is 11.8. The third-order valence-corrected chi connectivity index (χ3v) is 3.63. The SMILES string of the molecule is O=C(NO)C(CNCCc1ccccc1)Cc1ccccc1. The summed E-state index contributed by atoms with van der Waals surface area (Å²) in [6, 6.07) is 20.0. The van der Waals surface area contributed by atoms with Gasteiger partial charge in [-0.05, 0) is 30.5 Å². The third kappa shape index (κ3) is 5.31.